The summed E-state index contributed by atoms with van der Waals surface area (Å²) in [5, 5.41) is 0. The number of rotatable bonds is 5. The summed E-state index contributed by atoms with van der Waals surface area (Å²) >= 11 is 0. The smallest absolute Gasteiger partial charge is 0.248 e. The Morgan fingerprint density at radius 3 is 2.67 bits per heavy atom. The van der Waals surface area contributed by atoms with E-state index in [0.717, 1.165) is 11.1 Å². The first-order chi connectivity index (χ1) is 11.7. The third-order valence-corrected chi connectivity index (χ3v) is 4.00. The molecule has 1 amide bonds. The summed E-state index contributed by atoms with van der Waals surface area (Å²) in [6, 6.07) is 15.9. The number of hydrogen-bond donors (Lipinski definition) is 0. The van der Waals surface area contributed by atoms with E-state index in [0.29, 0.717) is 26.3 Å². The van der Waals surface area contributed by atoms with Crippen LogP contribution < -0.4 is 0 Å². The molecule has 4 nitrogen and oxygen atoms in total. The number of halogens is 1. The predicted molar refractivity (Wildman–Crippen MR) is 87.8 cm³/mol. The molecule has 0 aliphatic carbocycles. The van der Waals surface area contributed by atoms with Crippen molar-refractivity contribution in [1.29, 1.82) is 0 Å². The van der Waals surface area contributed by atoms with E-state index < -0.39 is 0 Å². The molecule has 0 aromatic heterocycles. The third kappa shape index (κ3) is 4.40. The van der Waals surface area contributed by atoms with E-state index in [4.69, 9.17) is 9.47 Å². The number of nitrogens with zero attached hydrogens (tertiary/aromatic N) is 1. The SMILES string of the molecule is O=C(COCc1ccccc1)N1CCOC(c2ccc(F)cc2)C1. The lowest BCUT2D eigenvalue weighted by Gasteiger charge is -2.33. The Labute approximate surface area is 140 Å². The molecule has 126 valence electrons. The lowest BCUT2D eigenvalue weighted by molar-refractivity contribution is -0.144. The van der Waals surface area contributed by atoms with E-state index in [-0.39, 0.29) is 24.4 Å². The molecule has 3 rings (SSSR count). The monoisotopic (exact) mass is 329 g/mol. The van der Waals surface area contributed by atoms with Crippen LogP contribution in [0.25, 0.3) is 0 Å². The number of hydrogen-bond acceptors (Lipinski definition) is 3. The van der Waals surface area contributed by atoms with Gasteiger partial charge in [-0.05, 0) is 23.3 Å². The van der Waals surface area contributed by atoms with Crippen LogP contribution in [0, 0.1) is 5.82 Å². The number of amides is 1. The molecule has 0 spiro atoms. The number of carbonyl (C=O) groups excluding carboxylic acids is 1. The molecule has 0 radical (unpaired) electrons. The minimum atomic E-state index is -0.281. The van der Waals surface area contributed by atoms with E-state index >= 15 is 0 Å². The van der Waals surface area contributed by atoms with Gasteiger partial charge in [-0.25, -0.2) is 4.39 Å². The third-order valence-electron chi connectivity index (χ3n) is 4.00. The van der Waals surface area contributed by atoms with Gasteiger partial charge in [-0.3, -0.25) is 4.79 Å². The van der Waals surface area contributed by atoms with Crippen molar-refractivity contribution in [3.63, 3.8) is 0 Å². The summed E-state index contributed by atoms with van der Waals surface area (Å²) < 4.78 is 24.2. The van der Waals surface area contributed by atoms with Crippen molar-refractivity contribution in [3.8, 4) is 0 Å². The largest absolute Gasteiger partial charge is 0.370 e. The van der Waals surface area contributed by atoms with Crippen LogP contribution in [-0.4, -0.2) is 37.1 Å². The molecule has 0 bridgehead atoms. The van der Waals surface area contributed by atoms with Crippen molar-refractivity contribution < 1.29 is 18.7 Å². The maximum absolute atomic E-state index is 13.0. The van der Waals surface area contributed by atoms with Crippen LogP contribution in [0.1, 0.15) is 17.2 Å². The van der Waals surface area contributed by atoms with Crippen LogP contribution in [0.3, 0.4) is 0 Å². The summed E-state index contributed by atoms with van der Waals surface area (Å²) in [4.78, 5) is 14.0. The van der Waals surface area contributed by atoms with Gasteiger partial charge in [-0.15, -0.1) is 0 Å². The number of morpholine rings is 1. The van der Waals surface area contributed by atoms with Crippen molar-refractivity contribution in [2.45, 2.75) is 12.7 Å². The highest BCUT2D eigenvalue weighted by Crippen LogP contribution is 2.22. The summed E-state index contributed by atoms with van der Waals surface area (Å²) in [7, 11) is 0. The van der Waals surface area contributed by atoms with Gasteiger partial charge in [-0.1, -0.05) is 42.5 Å². The molecule has 5 heteroatoms. The molecule has 2 aromatic rings. The van der Waals surface area contributed by atoms with Gasteiger partial charge in [0.15, 0.2) is 0 Å². The molecule has 1 aliphatic rings. The van der Waals surface area contributed by atoms with Gasteiger partial charge < -0.3 is 14.4 Å². The van der Waals surface area contributed by atoms with Crippen molar-refractivity contribution in [1.82, 2.24) is 4.90 Å². The van der Waals surface area contributed by atoms with Crippen molar-refractivity contribution in [2.75, 3.05) is 26.3 Å². The van der Waals surface area contributed by atoms with E-state index in [1.165, 1.54) is 12.1 Å². The maximum Gasteiger partial charge on any atom is 0.248 e. The standard InChI is InChI=1S/C19H20FNO3/c20-17-8-6-16(7-9-17)18-12-21(10-11-24-18)19(22)14-23-13-15-4-2-1-3-5-15/h1-9,18H,10-14H2. The number of carbonyl (C=O) groups is 1. The van der Waals surface area contributed by atoms with E-state index in [2.05, 4.69) is 0 Å². The molecule has 0 N–H and O–H groups in total. The Morgan fingerprint density at radius 1 is 1.17 bits per heavy atom. The Hall–Kier alpha value is -2.24. The number of ether oxygens (including phenoxy) is 2. The van der Waals surface area contributed by atoms with Gasteiger partial charge >= 0.3 is 0 Å². The van der Waals surface area contributed by atoms with Gasteiger partial charge in [-0.2, -0.15) is 0 Å². The average molecular weight is 329 g/mol. The van der Waals surface area contributed by atoms with Crippen molar-refractivity contribution in [3.05, 3.63) is 71.5 Å². The highest BCUT2D eigenvalue weighted by molar-refractivity contribution is 5.77. The topological polar surface area (TPSA) is 38.8 Å². The Kier molecular flexibility index (Phi) is 5.56. The quantitative estimate of drug-likeness (QED) is 0.846. The van der Waals surface area contributed by atoms with Crippen LogP contribution in [-0.2, 0) is 20.9 Å². The highest BCUT2D eigenvalue weighted by Gasteiger charge is 2.25. The van der Waals surface area contributed by atoms with Crippen LogP contribution in [0.4, 0.5) is 4.39 Å². The zero-order chi connectivity index (χ0) is 16.8. The van der Waals surface area contributed by atoms with Crippen LogP contribution in [0.15, 0.2) is 54.6 Å². The average Bonchev–Trinajstić information content (AvgIpc) is 2.63. The minimum Gasteiger partial charge on any atom is -0.370 e. The molecule has 2 aromatic carbocycles. The molecule has 1 atom stereocenters. The predicted octanol–water partition coefficient (Wildman–Crippen LogP) is 2.94. The maximum atomic E-state index is 13.0. The van der Waals surface area contributed by atoms with Crippen molar-refractivity contribution in [2.24, 2.45) is 0 Å². The second-order valence-electron chi connectivity index (χ2n) is 5.73. The van der Waals surface area contributed by atoms with Gasteiger partial charge in [0.1, 0.15) is 18.5 Å². The fourth-order valence-corrected chi connectivity index (χ4v) is 2.68. The molecule has 1 fully saturated rings. The molecule has 1 heterocycles. The second kappa shape index (κ2) is 8.04. The van der Waals surface area contributed by atoms with Crippen LogP contribution in [0.2, 0.25) is 0 Å². The van der Waals surface area contributed by atoms with Gasteiger partial charge in [0.2, 0.25) is 5.91 Å². The molecule has 24 heavy (non-hydrogen) atoms. The molecule has 1 aliphatic heterocycles. The van der Waals surface area contributed by atoms with E-state index in [1.807, 2.05) is 30.3 Å². The van der Waals surface area contributed by atoms with Crippen LogP contribution in [0.5, 0.6) is 0 Å². The molecular weight excluding hydrogens is 309 g/mol. The zero-order valence-electron chi connectivity index (χ0n) is 13.4. The normalized spacial score (nSPS) is 17.7. The molecule has 1 unspecified atom stereocenters. The van der Waals surface area contributed by atoms with Gasteiger partial charge in [0.25, 0.3) is 0 Å². The second-order valence-corrected chi connectivity index (χ2v) is 5.73. The van der Waals surface area contributed by atoms with E-state index in [1.54, 1.807) is 17.0 Å². The molecule has 0 saturated carbocycles. The summed E-state index contributed by atoms with van der Waals surface area (Å²) in [6.45, 7) is 1.93. The number of benzene rings is 2. The first-order valence-corrected chi connectivity index (χ1v) is 7.99. The lowest BCUT2D eigenvalue weighted by atomic mass is 10.1. The van der Waals surface area contributed by atoms with Crippen molar-refractivity contribution >= 4 is 5.91 Å². The first kappa shape index (κ1) is 16.6. The van der Waals surface area contributed by atoms with Gasteiger partial charge in [0.05, 0.1) is 19.8 Å². The molecule has 1 saturated heterocycles. The van der Waals surface area contributed by atoms with Gasteiger partial charge in [0, 0.05) is 6.54 Å². The Balaban J connectivity index is 1.50. The summed E-state index contributed by atoms with van der Waals surface area (Å²) in [6.07, 6.45) is -0.225. The Bertz CT molecular complexity index is 660. The minimum absolute atomic E-state index is 0.0467. The lowest BCUT2D eigenvalue weighted by Crippen LogP contribution is -2.43. The first-order valence-electron chi connectivity index (χ1n) is 7.99. The van der Waals surface area contributed by atoms with E-state index in [9.17, 15) is 9.18 Å². The fraction of sp³-hybridized carbons (Fsp3) is 0.316. The zero-order valence-corrected chi connectivity index (χ0v) is 13.4. The fourth-order valence-electron chi connectivity index (χ4n) is 2.68. The van der Waals surface area contributed by atoms with Crippen LogP contribution >= 0.6 is 0 Å². The highest BCUT2D eigenvalue weighted by atomic mass is 19.1. The summed E-state index contributed by atoms with van der Waals surface area (Å²) in [5.41, 5.74) is 1.91. The Morgan fingerprint density at radius 2 is 1.92 bits per heavy atom. The summed E-state index contributed by atoms with van der Waals surface area (Å²) in [5.74, 6) is -0.335. The molecular formula is C19H20FNO3.